The van der Waals surface area contributed by atoms with Gasteiger partial charge in [-0.1, -0.05) is 24.3 Å². The van der Waals surface area contributed by atoms with Crippen molar-refractivity contribution < 1.29 is 23.1 Å². The molecule has 5 nitrogen and oxygen atoms in total. The van der Waals surface area contributed by atoms with Crippen LogP contribution in [0.2, 0.25) is 0 Å². The van der Waals surface area contributed by atoms with E-state index in [0.29, 0.717) is 22.2 Å². The second-order valence-corrected chi connectivity index (χ2v) is 5.65. The lowest BCUT2D eigenvalue weighted by molar-refractivity contribution is -0.137. The summed E-state index contributed by atoms with van der Waals surface area (Å²) in [6.45, 7) is 0.0120. The lowest BCUT2D eigenvalue weighted by Gasteiger charge is -2.14. The van der Waals surface area contributed by atoms with Gasteiger partial charge in [0.2, 0.25) is 0 Å². The Bertz CT molecular complexity index is 987. The minimum atomic E-state index is -4.44. The first-order valence-electron chi connectivity index (χ1n) is 7.58. The summed E-state index contributed by atoms with van der Waals surface area (Å²) in [4.78, 5) is 15.6. The Labute approximate surface area is 146 Å². The van der Waals surface area contributed by atoms with Crippen LogP contribution in [0.3, 0.4) is 0 Å². The molecular weight excluding hydrogens is 347 g/mol. The number of hydrogen-bond acceptors (Lipinski definition) is 4. The molecule has 3 aromatic rings. The number of nitrogens with one attached hydrogen (secondary N) is 1. The van der Waals surface area contributed by atoms with Gasteiger partial charge < -0.3 is 16.2 Å². The normalized spacial score (nSPS) is 11.5. The van der Waals surface area contributed by atoms with Crippen LogP contribution < -0.4 is 11.1 Å². The zero-order valence-corrected chi connectivity index (χ0v) is 13.3. The van der Waals surface area contributed by atoms with Crippen molar-refractivity contribution in [2.75, 3.05) is 11.1 Å². The van der Waals surface area contributed by atoms with Gasteiger partial charge in [-0.15, -0.1) is 0 Å². The van der Waals surface area contributed by atoms with E-state index in [1.807, 2.05) is 0 Å². The molecule has 0 saturated heterocycles. The Morgan fingerprint density at radius 2 is 1.92 bits per heavy atom. The Hall–Kier alpha value is -3.29. The molecule has 1 heterocycles. The Kier molecular flexibility index (Phi) is 4.41. The number of halogens is 3. The van der Waals surface area contributed by atoms with Gasteiger partial charge >= 0.3 is 12.1 Å². The molecule has 0 saturated carbocycles. The van der Waals surface area contributed by atoms with Crippen LogP contribution in [-0.2, 0) is 12.7 Å². The zero-order chi connectivity index (χ0) is 18.9. The summed E-state index contributed by atoms with van der Waals surface area (Å²) in [6, 6.07) is 9.77. The smallest absolute Gasteiger partial charge is 0.416 e. The lowest BCUT2D eigenvalue weighted by atomic mass is 10.1. The number of aromatic carboxylic acids is 1. The number of nitrogens with two attached hydrogens (primary N) is 1. The van der Waals surface area contributed by atoms with Crippen molar-refractivity contribution in [2.45, 2.75) is 12.7 Å². The third-order valence-electron chi connectivity index (χ3n) is 3.88. The van der Waals surface area contributed by atoms with Crippen LogP contribution in [-0.4, -0.2) is 16.1 Å². The van der Waals surface area contributed by atoms with Gasteiger partial charge in [0.05, 0.1) is 22.5 Å². The fourth-order valence-corrected chi connectivity index (χ4v) is 2.65. The highest BCUT2D eigenvalue weighted by Gasteiger charge is 2.30. The van der Waals surface area contributed by atoms with Gasteiger partial charge in [0.25, 0.3) is 0 Å². The average molecular weight is 361 g/mol. The number of pyridine rings is 1. The number of carbonyl (C=O) groups is 1. The van der Waals surface area contributed by atoms with Crippen molar-refractivity contribution in [1.29, 1.82) is 0 Å². The molecule has 8 heteroatoms. The molecule has 4 N–H and O–H groups in total. The largest absolute Gasteiger partial charge is 0.478 e. The second kappa shape index (κ2) is 6.55. The molecule has 134 valence electrons. The summed E-state index contributed by atoms with van der Waals surface area (Å²) >= 11 is 0. The highest BCUT2D eigenvalue weighted by Crippen LogP contribution is 2.31. The first-order valence-corrected chi connectivity index (χ1v) is 7.58. The topological polar surface area (TPSA) is 88.2 Å². The van der Waals surface area contributed by atoms with Crippen LogP contribution >= 0.6 is 0 Å². The summed E-state index contributed by atoms with van der Waals surface area (Å²) < 4.78 is 38.5. The fraction of sp³-hybridized carbons (Fsp3) is 0.111. The summed E-state index contributed by atoms with van der Waals surface area (Å²) in [5.41, 5.74) is 6.43. The van der Waals surface area contributed by atoms with E-state index >= 15 is 0 Å². The first kappa shape index (κ1) is 17.5. The number of carboxylic acids is 1. The Balaban J connectivity index is 2.00. The van der Waals surface area contributed by atoms with Gasteiger partial charge in [-0.05, 0) is 23.8 Å². The number of nitrogen functional groups attached to an aromatic ring is 1. The van der Waals surface area contributed by atoms with Gasteiger partial charge in [-0.3, -0.25) is 4.98 Å². The third kappa shape index (κ3) is 3.39. The maximum atomic E-state index is 12.8. The minimum Gasteiger partial charge on any atom is -0.478 e. The minimum absolute atomic E-state index is 0.0120. The maximum absolute atomic E-state index is 12.8. The van der Waals surface area contributed by atoms with Gasteiger partial charge in [-0.2, -0.15) is 13.2 Å². The zero-order valence-electron chi connectivity index (χ0n) is 13.3. The Morgan fingerprint density at radius 1 is 1.19 bits per heavy atom. The summed E-state index contributed by atoms with van der Waals surface area (Å²) in [6.07, 6.45) is -3.27. The van der Waals surface area contributed by atoms with Crippen LogP contribution in [0.15, 0.2) is 48.7 Å². The quantitative estimate of drug-likeness (QED) is 0.608. The molecule has 0 fully saturated rings. The number of nitrogens with zero attached hydrogens (tertiary/aromatic N) is 1. The molecule has 3 rings (SSSR count). The molecule has 0 bridgehead atoms. The van der Waals surface area contributed by atoms with Crippen molar-refractivity contribution in [1.82, 2.24) is 4.98 Å². The summed E-state index contributed by atoms with van der Waals surface area (Å²) in [5, 5.41) is 12.8. The standard InChI is InChI=1S/C18H14F3N3O2/c19-18(20,21)11-4-1-3-10(7-11)8-23-15-12-5-2-6-14(22)16(12)24-9-13(15)17(25)26/h1-7,9H,8,22H2,(H,23,24)(H,25,26). The molecule has 0 aliphatic rings. The Morgan fingerprint density at radius 3 is 2.62 bits per heavy atom. The lowest BCUT2D eigenvalue weighted by Crippen LogP contribution is -2.10. The number of para-hydroxylation sites is 1. The predicted molar refractivity (Wildman–Crippen MR) is 91.9 cm³/mol. The molecule has 0 aliphatic heterocycles. The molecule has 0 amide bonds. The third-order valence-corrected chi connectivity index (χ3v) is 3.88. The summed E-state index contributed by atoms with van der Waals surface area (Å²) in [7, 11) is 0. The molecule has 0 aliphatic carbocycles. The van der Waals surface area contributed by atoms with Crippen molar-refractivity contribution in [2.24, 2.45) is 0 Å². The van der Waals surface area contributed by atoms with Crippen LogP contribution in [0, 0.1) is 0 Å². The van der Waals surface area contributed by atoms with E-state index < -0.39 is 17.7 Å². The van der Waals surface area contributed by atoms with E-state index in [1.165, 1.54) is 18.3 Å². The summed E-state index contributed by atoms with van der Waals surface area (Å²) in [5.74, 6) is -1.20. The van der Waals surface area contributed by atoms with Crippen molar-refractivity contribution >= 4 is 28.2 Å². The molecule has 0 unspecified atom stereocenters. The molecule has 0 spiro atoms. The molecule has 1 aromatic heterocycles. The number of alkyl halides is 3. The maximum Gasteiger partial charge on any atom is 0.416 e. The highest BCUT2D eigenvalue weighted by molar-refractivity contribution is 6.06. The average Bonchev–Trinajstić information content (AvgIpc) is 2.59. The number of rotatable bonds is 4. The highest BCUT2D eigenvalue weighted by atomic mass is 19.4. The van der Waals surface area contributed by atoms with E-state index in [-0.39, 0.29) is 17.8 Å². The van der Waals surface area contributed by atoms with Crippen molar-refractivity contribution in [3.05, 3.63) is 65.4 Å². The number of aromatic nitrogens is 1. The number of fused-ring (bicyclic) bond motifs is 1. The van der Waals surface area contributed by atoms with Gasteiger partial charge in [0.15, 0.2) is 0 Å². The second-order valence-electron chi connectivity index (χ2n) is 5.65. The first-order chi connectivity index (χ1) is 12.3. The SMILES string of the molecule is Nc1cccc2c(NCc3cccc(C(F)(F)F)c3)c(C(=O)O)cnc12. The molecule has 26 heavy (non-hydrogen) atoms. The number of hydrogen-bond donors (Lipinski definition) is 3. The van der Waals surface area contributed by atoms with Crippen LogP contribution in [0.25, 0.3) is 10.9 Å². The molecule has 0 radical (unpaired) electrons. The van der Waals surface area contributed by atoms with E-state index in [0.717, 1.165) is 12.1 Å². The monoisotopic (exact) mass is 361 g/mol. The predicted octanol–water partition coefficient (Wildman–Crippen LogP) is 4.15. The molecule has 0 atom stereocenters. The van der Waals surface area contributed by atoms with Crippen LogP contribution in [0.4, 0.5) is 24.5 Å². The van der Waals surface area contributed by atoms with Crippen LogP contribution in [0.5, 0.6) is 0 Å². The number of anilines is 2. The van der Waals surface area contributed by atoms with E-state index in [1.54, 1.807) is 18.2 Å². The van der Waals surface area contributed by atoms with E-state index in [9.17, 15) is 23.1 Å². The van der Waals surface area contributed by atoms with Crippen molar-refractivity contribution in [3.8, 4) is 0 Å². The molecule has 2 aromatic carbocycles. The van der Waals surface area contributed by atoms with Crippen molar-refractivity contribution in [3.63, 3.8) is 0 Å². The van der Waals surface area contributed by atoms with E-state index in [4.69, 9.17) is 5.73 Å². The fourth-order valence-electron chi connectivity index (χ4n) is 2.65. The van der Waals surface area contributed by atoms with E-state index in [2.05, 4.69) is 10.3 Å². The van der Waals surface area contributed by atoms with Gasteiger partial charge in [0.1, 0.15) is 5.56 Å². The number of carboxylic acid groups (broad SMARTS) is 1. The van der Waals surface area contributed by atoms with Gasteiger partial charge in [-0.25, -0.2) is 4.79 Å². The molecular formula is C18H14F3N3O2. The number of benzene rings is 2. The van der Waals surface area contributed by atoms with Crippen LogP contribution in [0.1, 0.15) is 21.5 Å². The van der Waals surface area contributed by atoms with Gasteiger partial charge in [0, 0.05) is 18.1 Å².